The van der Waals surface area contributed by atoms with E-state index in [1.165, 1.54) is 18.3 Å². The molecule has 0 bridgehead atoms. The summed E-state index contributed by atoms with van der Waals surface area (Å²) in [6.07, 6.45) is 17.3. The first-order valence-corrected chi connectivity index (χ1v) is 17.2. The van der Waals surface area contributed by atoms with Crippen molar-refractivity contribution in [1.82, 2.24) is 49.4 Å². The van der Waals surface area contributed by atoms with Crippen molar-refractivity contribution in [3.8, 4) is 28.2 Å². The molecule has 0 aliphatic heterocycles. The van der Waals surface area contributed by atoms with E-state index >= 15 is 0 Å². The van der Waals surface area contributed by atoms with Crippen molar-refractivity contribution in [3.05, 3.63) is 164 Å². The van der Waals surface area contributed by atoms with Gasteiger partial charge in [0.2, 0.25) is 0 Å². The minimum absolute atomic E-state index is 0. The molecule has 290 valence electrons. The molecular weight excluding hydrogens is 1030 g/mol. The summed E-state index contributed by atoms with van der Waals surface area (Å²) >= 11 is 6.10. The Morgan fingerprint density at radius 2 is 1.25 bits per heavy atom. The summed E-state index contributed by atoms with van der Waals surface area (Å²) in [4.78, 5) is 48.2. The van der Waals surface area contributed by atoms with Crippen molar-refractivity contribution in [1.29, 1.82) is 0 Å². The van der Waals surface area contributed by atoms with Crippen LogP contribution < -0.4 is 143 Å². The van der Waals surface area contributed by atoms with Crippen LogP contribution in [0.25, 0.3) is 72.3 Å². The molecule has 10 rings (SSSR count). The molecule has 18 heteroatoms. The molecule has 0 saturated carbocycles. The fourth-order valence-corrected chi connectivity index (χ4v) is 5.97. The molecule has 0 fully saturated rings. The van der Waals surface area contributed by atoms with E-state index in [1.807, 2.05) is 53.5 Å². The summed E-state index contributed by atoms with van der Waals surface area (Å²) in [6, 6.07) is 24.3. The maximum atomic E-state index is 14.3. The minimum Gasteiger partial charge on any atom is -1.00 e. The molecule has 8 aromatic heterocycles. The number of carbonyl (C=O) groups is 1. The van der Waals surface area contributed by atoms with Gasteiger partial charge >= 0.3 is 138 Å². The SMILES string of the molecule is C.Fc1ccccc1-c1cc(-n2ccc3cnccc32)c2nccnc2n1.Fc1ccccc1-c1cc(Cl)c2nccnc2n1.O=CO[O-].[Cs+].[Cs+].[H-].c1cc2[nH]ccc2cn1. The number of hydrogen-bond acceptors (Lipinski definition) is 11. The molecule has 0 amide bonds. The second kappa shape index (κ2) is 24.2. The first-order valence-electron chi connectivity index (χ1n) is 16.8. The van der Waals surface area contributed by atoms with Crippen LogP contribution in [0.15, 0.2) is 147 Å². The zero-order valence-electron chi connectivity index (χ0n) is 32.3. The van der Waals surface area contributed by atoms with E-state index < -0.39 is 0 Å². The average Bonchev–Trinajstić information content (AvgIpc) is 3.92. The number of benzene rings is 2. The molecule has 0 saturated heterocycles. The van der Waals surface area contributed by atoms with Gasteiger partial charge in [0.05, 0.1) is 27.6 Å². The van der Waals surface area contributed by atoms with Gasteiger partial charge in [0.15, 0.2) is 11.3 Å². The third-order valence-corrected chi connectivity index (χ3v) is 8.55. The Kier molecular flexibility index (Phi) is 19.8. The van der Waals surface area contributed by atoms with Gasteiger partial charge in [0.1, 0.15) is 22.7 Å². The molecule has 2 aromatic carbocycles. The van der Waals surface area contributed by atoms with Crippen molar-refractivity contribution in [2.75, 3.05) is 0 Å². The smallest absolute Gasteiger partial charge is 1.00 e. The number of hydrogen-bond donors (Lipinski definition) is 1. The summed E-state index contributed by atoms with van der Waals surface area (Å²) in [6.45, 7) is -0.181. The number of aromatic nitrogens is 10. The molecule has 0 atom stereocenters. The topological polar surface area (TPSA) is 173 Å². The van der Waals surface area contributed by atoms with Crippen molar-refractivity contribution in [2.45, 2.75) is 7.43 Å². The van der Waals surface area contributed by atoms with Gasteiger partial charge in [0, 0.05) is 89.4 Å². The molecule has 0 radical (unpaired) electrons. The Labute approximate surface area is 465 Å². The molecule has 0 aliphatic carbocycles. The van der Waals surface area contributed by atoms with Gasteiger partial charge in [-0.05, 0) is 60.7 Å². The predicted octanol–water partition coefficient (Wildman–Crippen LogP) is 2.41. The Morgan fingerprint density at radius 3 is 1.87 bits per heavy atom. The number of fused-ring (bicyclic) bond motifs is 4. The molecule has 60 heavy (non-hydrogen) atoms. The number of pyridine rings is 4. The zero-order valence-corrected chi connectivity index (χ0v) is 44.6. The van der Waals surface area contributed by atoms with Crippen LogP contribution in [0.1, 0.15) is 8.85 Å². The van der Waals surface area contributed by atoms with Gasteiger partial charge in [-0.15, -0.1) is 0 Å². The molecule has 13 nitrogen and oxygen atoms in total. The fraction of sp³-hybridized carbons (Fsp3) is 0.0238. The van der Waals surface area contributed by atoms with Crippen LogP contribution in [0.2, 0.25) is 5.02 Å². The second-order valence-electron chi connectivity index (χ2n) is 11.7. The molecule has 0 unspecified atom stereocenters. The summed E-state index contributed by atoms with van der Waals surface area (Å²) in [7, 11) is 0. The van der Waals surface area contributed by atoms with Crippen LogP contribution in [0, 0.1) is 11.6 Å². The van der Waals surface area contributed by atoms with Gasteiger partial charge in [-0.2, -0.15) is 0 Å². The molecule has 1 N–H and O–H groups in total. The normalized spacial score (nSPS) is 10.0. The van der Waals surface area contributed by atoms with E-state index in [2.05, 4.69) is 49.7 Å². The van der Waals surface area contributed by atoms with Crippen molar-refractivity contribution >= 4 is 62.2 Å². The molecule has 8 heterocycles. The first kappa shape index (κ1) is 49.1. The maximum absolute atomic E-state index is 14.3. The Balaban J connectivity index is 0.000000247. The van der Waals surface area contributed by atoms with Crippen molar-refractivity contribution in [2.24, 2.45) is 0 Å². The minimum atomic E-state index is -0.343. The van der Waals surface area contributed by atoms with Crippen LogP contribution >= 0.6 is 11.6 Å². The number of rotatable bonds is 4. The van der Waals surface area contributed by atoms with Crippen LogP contribution in [0.4, 0.5) is 8.78 Å². The Bertz CT molecular complexity index is 2950. The average molecular weight is 1060 g/mol. The fourth-order valence-electron chi connectivity index (χ4n) is 5.74. The van der Waals surface area contributed by atoms with Crippen LogP contribution in [0.3, 0.4) is 0 Å². The van der Waals surface area contributed by atoms with Gasteiger partial charge in [0.25, 0.3) is 6.47 Å². The third-order valence-electron chi connectivity index (χ3n) is 8.26. The summed E-state index contributed by atoms with van der Waals surface area (Å²) < 4.78 is 30.0. The van der Waals surface area contributed by atoms with E-state index in [1.54, 1.807) is 79.6 Å². The maximum Gasteiger partial charge on any atom is 1.00 e. The van der Waals surface area contributed by atoms with Gasteiger partial charge in [-0.1, -0.05) is 43.3 Å². The van der Waals surface area contributed by atoms with E-state index in [4.69, 9.17) is 21.7 Å². The molecule has 0 spiro atoms. The summed E-state index contributed by atoms with van der Waals surface area (Å²) in [5.74, 6) is -0.667. The number of carbonyl (C=O) groups excluding carboxylic acids is 1. The van der Waals surface area contributed by atoms with Gasteiger partial charge < -0.3 is 21.1 Å². The Morgan fingerprint density at radius 1 is 0.700 bits per heavy atom. The largest absolute Gasteiger partial charge is 1.00 e. The number of H-pyrrole nitrogens is 1. The monoisotopic (exact) mass is 1060 g/mol. The van der Waals surface area contributed by atoms with Crippen LogP contribution in [0.5, 0.6) is 0 Å². The summed E-state index contributed by atoms with van der Waals surface area (Å²) in [5, 5.41) is 11.0. The summed E-state index contributed by atoms with van der Waals surface area (Å²) in [5.41, 5.74) is 6.76. The Hall–Kier alpha value is -3.52. The van der Waals surface area contributed by atoms with E-state index in [0.29, 0.717) is 49.9 Å². The number of nitrogens with zero attached hydrogens (tertiary/aromatic N) is 9. The van der Waals surface area contributed by atoms with Gasteiger partial charge in [-0.25, -0.2) is 38.7 Å². The van der Waals surface area contributed by atoms with Crippen molar-refractivity contribution < 1.29 is 163 Å². The van der Waals surface area contributed by atoms with Crippen LogP contribution in [-0.2, 0) is 9.68 Å². The number of nitrogens with one attached hydrogen (secondary N) is 1. The van der Waals surface area contributed by atoms with E-state index in [-0.39, 0.29) is 165 Å². The molecular formula is C42H31ClCs2F2N10O3. The second-order valence-corrected chi connectivity index (χ2v) is 12.1. The standard InChI is InChI=1S/C20H12FN5.C13H7ClFN3.C7H6N2.CH2O3.CH4.2Cs.H/c21-15-4-2-1-3-14(15)16-11-18(19-20(25-16)24-9-8-23-19)26-10-6-13-12-22-7-5-17(13)26;14-9-7-11(8-3-1-2-4-10(8)15)18-13-12(9)16-5-6-17-13;1-4-9-7-2-3-8-5-6(1)7;2-1-4-3;;;;/h1-12H;1-7H;1-5,9H;1,3H;1H4;;;/q;;;;;2*+1;-1/p-1. The van der Waals surface area contributed by atoms with E-state index in [0.717, 1.165) is 27.5 Å². The molecule has 0 aliphatic rings. The quantitative estimate of drug-likeness (QED) is 0.156. The number of aromatic amines is 1. The third kappa shape index (κ3) is 11.9. The zero-order chi connectivity index (χ0) is 39.6. The van der Waals surface area contributed by atoms with Gasteiger partial charge in [-0.3, -0.25) is 14.8 Å². The van der Waals surface area contributed by atoms with Crippen LogP contribution in [-0.4, -0.2) is 55.9 Å². The number of halogens is 3. The van der Waals surface area contributed by atoms with Crippen molar-refractivity contribution in [3.63, 3.8) is 0 Å². The predicted molar refractivity (Wildman–Crippen MR) is 216 cm³/mol. The van der Waals surface area contributed by atoms with E-state index in [9.17, 15) is 8.78 Å². The first-order chi connectivity index (χ1) is 27.9. The molecule has 10 aromatic rings.